The number of carbonyl (C=O) groups is 1. The molecule has 2 atom stereocenters. The molecule has 0 spiro atoms. The van der Waals surface area contributed by atoms with Crippen LogP contribution in [0.3, 0.4) is 0 Å². The van der Waals surface area contributed by atoms with Gasteiger partial charge in [0.25, 0.3) is 0 Å². The molecule has 164 valence electrons. The normalized spacial score (nSPS) is 21.3. The number of fused-ring (bicyclic) bond motifs is 1. The molecule has 1 amide bonds. The number of aliphatic imine (C=N–C) groups is 1. The van der Waals surface area contributed by atoms with Crippen LogP contribution in [0.15, 0.2) is 41.4 Å². The number of nitrogens with one attached hydrogen (secondary N) is 2. The summed E-state index contributed by atoms with van der Waals surface area (Å²) >= 11 is 0. The van der Waals surface area contributed by atoms with Gasteiger partial charge in [0, 0.05) is 42.3 Å². The van der Waals surface area contributed by atoms with E-state index in [1.807, 2.05) is 25.1 Å². The van der Waals surface area contributed by atoms with Gasteiger partial charge in [-0.15, -0.1) is 0 Å². The maximum Gasteiger partial charge on any atom is 0.237 e. The topological polar surface area (TPSA) is 56.7 Å². The molecule has 2 aromatic rings. The molecule has 0 saturated carbocycles. The Morgan fingerprint density at radius 1 is 1.29 bits per heavy atom. The highest BCUT2D eigenvalue weighted by Crippen LogP contribution is 2.34. The first-order valence-electron chi connectivity index (χ1n) is 11.2. The van der Waals surface area contributed by atoms with Gasteiger partial charge in [0.05, 0.1) is 5.69 Å². The van der Waals surface area contributed by atoms with E-state index in [9.17, 15) is 9.18 Å². The summed E-state index contributed by atoms with van der Waals surface area (Å²) in [7, 11) is 0. The summed E-state index contributed by atoms with van der Waals surface area (Å²) in [6, 6.07) is 11.3. The third-order valence-electron chi connectivity index (χ3n) is 6.37. The Hall–Kier alpha value is -2.73. The lowest BCUT2D eigenvalue weighted by Gasteiger charge is -2.33. The Morgan fingerprint density at radius 2 is 2.16 bits per heavy atom. The number of amides is 1. The fourth-order valence-corrected chi connectivity index (χ4v) is 4.53. The minimum atomic E-state index is -0.702. The molecule has 0 bridgehead atoms. The monoisotopic (exact) mass is 422 g/mol. The Labute approximate surface area is 183 Å². The molecule has 2 heterocycles. The molecule has 2 aliphatic rings. The van der Waals surface area contributed by atoms with Crippen molar-refractivity contribution in [3.63, 3.8) is 0 Å². The molecule has 2 aliphatic heterocycles. The van der Waals surface area contributed by atoms with Crippen LogP contribution in [0.2, 0.25) is 0 Å². The van der Waals surface area contributed by atoms with Crippen molar-refractivity contribution in [2.75, 3.05) is 30.3 Å². The van der Waals surface area contributed by atoms with Crippen molar-refractivity contribution in [2.24, 2.45) is 4.99 Å². The Kier molecular flexibility index (Phi) is 6.66. The van der Waals surface area contributed by atoms with Gasteiger partial charge in [0.15, 0.2) is 0 Å². The standard InChI is InChI=1S/C25H31FN4O/c1-17-15-19(28-16-20-24-21(26)8-5-9-23(24)29-25(20)31)10-11-22(17)27-12-6-14-30-13-4-3-7-18(30)2/h5,8-11,15-16,18,20,27H,3-4,6-7,12-14H2,1-2H3,(H,29,31). The summed E-state index contributed by atoms with van der Waals surface area (Å²) in [5.74, 6) is -1.34. The van der Waals surface area contributed by atoms with E-state index >= 15 is 0 Å². The van der Waals surface area contributed by atoms with E-state index in [4.69, 9.17) is 0 Å². The van der Waals surface area contributed by atoms with E-state index in [0.717, 1.165) is 36.4 Å². The van der Waals surface area contributed by atoms with Crippen molar-refractivity contribution in [1.82, 2.24) is 4.90 Å². The van der Waals surface area contributed by atoms with Gasteiger partial charge in [-0.25, -0.2) is 4.39 Å². The second-order valence-corrected chi connectivity index (χ2v) is 8.61. The SMILES string of the molecule is Cc1cc(N=CC2C(=O)Nc3cccc(F)c32)ccc1NCCCN1CCCCC1C. The van der Waals surface area contributed by atoms with Crippen LogP contribution in [0.5, 0.6) is 0 Å². The molecule has 2 unspecified atom stereocenters. The molecule has 31 heavy (non-hydrogen) atoms. The minimum absolute atomic E-state index is 0.248. The molecule has 2 aromatic carbocycles. The fraction of sp³-hybridized carbons (Fsp3) is 0.440. The van der Waals surface area contributed by atoms with Crippen molar-refractivity contribution in [1.29, 1.82) is 0 Å². The zero-order valence-corrected chi connectivity index (χ0v) is 18.3. The Morgan fingerprint density at radius 3 is 2.97 bits per heavy atom. The van der Waals surface area contributed by atoms with Crippen molar-refractivity contribution < 1.29 is 9.18 Å². The van der Waals surface area contributed by atoms with Crippen LogP contribution >= 0.6 is 0 Å². The van der Waals surface area contributed by atoms with Gasteiger partial charge in [-0.1, -0.05) is 12.5 Å². The third-order valence-corrected chi connectivity index (χ3v) is 6.37. The molecule has 0 aromatic heterocycles. The summed E-state index contributed by atoms with van der Waals surface area (Å²) < 4.78 is 14.2. The molecular formula is C25H31FN4O. The largest absolute Gasteiger partial charge is 0.385 e. The number of piperidine rings is 1. The molecule has 5 nitrogen and oxygen atoms in total. The van der Waals surface area contributed by atoms with Crippen LogP contribution in [-0.4, -0.2) is 42.7 Å². The molecule has 4 rings (SSSR count). The first kappa shape index (κ1) is 21.5. The summed E-state index contributed by atoms with van der Waals surface area (Å²) in [6.07, 6.45) is 6.64. The number of hydrogen-bond donors (Lipinski definition) is 2. The molecular weight excluding hydrogens is 391 g/mol. The highest BCUT2D eigenvalue weighted by atomic mass is 19.1. The van der Waals surface area contributed by atoms with Crippen molar-refractivity contribution in [3.8, 4) is 0 Å². The highest BCUT2D eigenvalue weighted by Gasteiger charge is 2.31. The molecule has 6 heteroatoms. The van der Waals surface area contributed by atoms with Gasteiger partial charge in [-0.3, -0.25) is 9.79 Å². The Balaban J connectivity index is 1.33. The van der Waals surface area contributed by atoms with E-state index in [1.54, 1.807) is 12.1 Å². The lowest BCUT2D eigenvalue weighted by Crippen LogP contribution is -2.38. The lowest BCUT2D eigenvalue weighted by molar-refractivity contribution is -0.115. The van der Waals surface area contributed by atoms with Gasteiger partial charge in [-0.05, 0) is 75.5 Å². The van der Waals surface area contributed by atoms with Crippen molar-refractivity contribution >= 4 is 29.2 Å². The zero-order valence-electron chi connectivity index (χ0n) is 18.3. The third kappa shape index (κ3) is 4.96. The predicted molar refractivity (Wildman–Crippen MR) is 125 cm³/mol. The van der Waals surface area contributed by atoms with E-state index in [0.29, 0.717) is 17.3 Å². The van der Waals surface area contributed by atoms with Crippen LogP contribution in [0.4, 0.5) is 21.5 Å². The molecule has 0 radical (unpaired) electrons. The molecule has 2 N–H and O–H groups in total. The fourth-order valence-electron chi connectivity index (χ4n) is 4.53. The van der Waals surface area contributed by atoms with E-state index < -0.39 is 5.92 Å². The highest BCUT2D eigenvalue weighted by molar-refractivity contribution is 6.12. The van der Waals surface area contributed by atoms with Crippen LogP contribution in [0, 0.1) is 12.7 Å². The number of likely N-dealkylation sites (tertiary alicyclic amines) is 1. The number of hydrogen-bond acceptors (Lipinski definition) is 4. The average Bonchev–Trinajstić information content (AvgIpc) is 3.08. The first-order chi connectivity index (χ1) is 15.0. The average molecular weight is 423 g/mol. The van der Waals surface area contributed by atoms with Crippen LogP contribution in [0.25, 0.3) is 0 Å². The van der Waals surface area contributed by atoms with Crippen molar-refractivity contribution in [2.45, 2.75) is 51.5 Å². The van der Waals surface area contributed by atoms with Gasteiger partial charge >= 0.3 is 0 Å². The van der Waals surface area contributed by atoms with Gasteiger partial charge in [0.1, 0.15) is 11.7 Å². The quantitative estimate of drug-likeness (QED) is 0.473. The number of benzene rings is 2. The number of rotatable bonds is 7. The van der Waals surface area contributed by atoms with Crippen LogP contribution in [0.1, 0.15) is 49.7 Å². The lowest BCUT2D eigenvalue weighted by atomic mass is 10.0. The summed E-state index contributed by atoms with van der Waals surface area (Å²) in [5.41, 5.74) is 3.84. The summed E-state index contributed by atoms with van der Waals surface area (Å²) in [6.45, 7) is 7.67. The van der Waals surface area contributed by atoms with E-state index in [-0.39, 0.29) is 11.7 Å². The second-order valence-electron chi connectivity index (χ2n) is 8.61. The van der Waals surface area contributed by atoms with E-state index in [2.05, 4.69) is 27.4 Å². The zero-order chi connectivity index (χ0) is 21.8. The molecule has 1 saturated heterocycles. The number of anilines is 2. The number of carbonyl (C=O) groups excluding carboxylic acids is 1. The van der Waals surface area contributed by atoms with E-state index in [1.165, 1.54) is 38.1 Å². The summed E-state index contributed by atoms with van der Waals surface area (Å²) in [5, 5.41) is 6.24. The van der Waals surface area contributed by atoms with Gasteiger partial charge in [0.2, 0.25) is 5.91 Å². The van der Waals surface area contributed by atoms with Crippen LogP contribution < -0.4 is 10.6 Å². The number of nitrogens with zero attached hydrogens (tertiary/aromatic N) is 2. The maximum absolute atomic E-state index is 14.2. The minimum Gasteiger partial charge on any atom is -0.385 e. The van der Waals surface area contributed by atoms with Gasteiger partial charge < -0.3 is 15.5 Å². The molecule has 0 aliphatic carbocycles. The number of aryl methyl sites for hydroxylation is 1. The van der Waals surface area contributed by atoms with Gasteiger partial charge in [-0.2, -0.15) is 0 Å². The smallest absolute Gasteiger partial charge is 0.237 e. The number of halogens is 1. The van der Waals surface area contributed by atoms with Crippen molar-refractivity contribution in [3.05, 3.63) is 53.3 Å². The first-order valence-corrected chi connectivity index (χ1v) is 11.2. The summed E-state index contributed by atoms with van der Waals surface area (Å²) in [4.78, 5) is 19.3. The predicted octanol–water partition coefficient (Wildman–Crippen LogP) is 5.25. The maximum atomic E-state index is 14.2. The molecule has 1 fully saturated rings. The van der Waals surface area contributed by atoms with Crippen LogP contribution in [-0.2, 0) is 4.79 Å². The second kappa shape index (κ2) is 9.60. The Bertz CT molecular complexity index is 974.